The van der Waals surface area contributed by atoms with E-state index in [1.54, 1.807) is 0 Å². The van der Waals surface area contributed by atoms with Crippen LogP contribution in [0.1, 0.15) is 63.8 Å². The van der Waals surface area contributed by atoms with Crippen molar-refractivity contribution in [2.24, 2.45) is 0 Å². The van der Waals surface area contributed by atoms with Gasteiger partial charge in [-0.2, -0.15) is 0 Å². The monoisotopic (exact) mass is 578 g/mol. The minimum atomic E-state index is -0.887. The molecule has 0 spiro atoms. The summed E-state index contributed by atoms with van der Waals surface area (Å²) in [6, 6.07) is 32.1. The Morgan fingerprint density at radius 3 is 1.21 bits per heavy atom. The molecule has 5 rings (SSSR count). The molecule has 4 aromatic rings. The summed E-state index contributed by atoms with van der Waals surface area (Å²) in [5.74, 6) is 0.179. The SMILES string of the molecule is CC(C)(C)OC(=O)COc1ccccc1C1(c2ccccc2OCC(=O)OC(C)(C)C)c2ccccc2-c2ccccc21. The molecule has 4 aromatic carbocycles. The largest absolute Gasteiger partial charge is 0.482 e. The Hall–Kier alpha value is -4.58. The molecule has 0 bridgehead atoms. The maximum absolute atomic E-state index is 12.7. The van der Waals surface area contributed by atoms with Crippen molar-refractivity contribution in [2.45, 2.75) is 58.2 Å². The van der Waals surface area contributed by atoms with Crippen molar-refractivity contribution in [1.29, 1.82) is 0 Å². The van der Waals surface area contributed by atoms with E-state index < -0.39 is 28.6 Å². The molecule has 1 aliphatic rings. The predicted molar refractivity (Wildman–Crippen MR) is 166 cm³/mol. The van der Waals surface area contributed by atoms with Gasteiger partial charge in [0, 0.05) is 11.1 Å². The number of carbonyl (C=O) groups excluding carboxylic acids is 2. The highest BCUT2D eigenvalue weighted by atomic mass is 16.6. The van der Waals surface area contributed by atoms with E-state index in [0.717, 1.165) is 33.4 Å². The number of ether oxygens (including phenoxy) is 4. The van der Waals surface area contributed by atoms with Crippen molar-refractivity contribution in [3.05, 3.63) is 119 Å². The maximum Gasteiger partial charge on any atom is 0.344 e. The third-order valence-electron chi connectivity index (χ3n) is 7.07. The second kappa shape index (κ2) is 11.6. The van der Waals surface area contributed by atoms with Crippen molar-refractivity contribution in [1.82, 2.24) is 0 Å². The summed E-state index contributed by atoms with van der Waals surface area (Å²) < 4.78 is 23.5. The molecule has 222 valence electrons. The Labute approximate surface area is 253 Å². The van der Waals surface area contributed by atoms with Crippen LogP contribution in [0.2, 0.25) is 0 Å². The standard InChI is InChI=1S/C37H38O6/c1-35(2,3)42-33(38)23-40-31-21-13-11-19-29(31)37(27-17-9-7-15-25(27)26-16-8-10-18-28(26)37)30-20-12-14-22-32(30)41-24-34(39)43-36(4,5)6/h7-22H,23-24H2,1-6H3. The molecule has 0 saturated heterocycles. The van der Waals surface area contributed by atoms with Crippen LogP contribution in [0.3, 0.4) is 0 Å². The van der Waals surface area contributed by atoms with Crippen molar-refractivity contribution in [3.8, 4) is 22.6 Å². The summed E-state index contributed by atoms with van der Waals surface area (Å²) in [5, 5.41) is 0. The molecule has 0 aliphatic heterocycles. The van der Waals surface area contributed by atoms with Crippen LogP contribution in [-0.4, -0.2) is 36.4 Å². The molecule has 6 heteroatoms. The van der Waals surface area contributed by atoms with Crippen LogP contribution in [0.25, 0.3) is 11.1 Å². The summed E-state index contributed by atoms with van der Waals surface area (Å²) >= 11 is 0. The first-order valence-electron chi connectivity index (χ1n) is 14.5. The third-order valence-corrected chi connectivity index (χ3v) is 7.07. The molecule has 1 aliphatic carbocycles. The van der Waals surface area contributed by atoms with Gasteiger partial charge in [-0.3, -0.25) is 0 Å². The number of carbonyl (C=O) groups is 2. The van der Waals surface area contributed by atoms with E-state index in [1.807, 2.05) is 114 Å². The molecular formula is C37H38O6. The van der Waals surface area contributed by atoms with Gasteiger partial charge in [-0.05, 0) is 75.9 Å². The fourth-order valence-electron chi connectivity index (χ4n) is 5.78. The Morgan fingerprint density at radius 1 is 0.512 bits per heavy atom. The highest BCUT2D eigenvalue weighted by Crippen LogP contribution is 2.59. The number of fused-ring (bicyclic) bond motifs is 3. The zero-order valence-electron chi connectivity index (χ0n) is 25.6. The number of para-hydroxylation sites is 2. The number of rotatable bonds is 8. The molecule has 0 amide bonds. The van der Waals surface area contributed by atoms with Gasteiger partial charge in [0.15, 0.2) is 13.2 Å². The highest BCUT2D eigenvalue weighted by molar-refractivity contribution is 5.87. The smallest absolute Gasteiger partial charge is 0.344 e. The summed E-state index contributed by atoms with van der Waals surface area (Å²) in [7, 11) is 0. The first-order valence-corrected chi connectivity index (χ1v) is 14.5. The lowest BCUT2D eigenvalue weighted by atomic mass is 9.67. The fraction of sp³-hybridized carbons (Fsp3) is 0.297. The van der Waals surface area contributed by atoms with Crippen LogP contribution in [-0.2, 0) is 24.5 Å². The van der Waals surface area contributed by atoms with Gasteiger partial charge in [0.25, 0.3) is 0 Å². The van der Waals surface area contributed by atoms with Gasteiger partial charge in [0.2, 0.25) is 0 Å². The Morgan fingerprint density at radius 2 is 0.837 bits per heavy atom. The summed E-state index contributed by atoms with van der Waals surface area (Å²) in [6.45, 7) is 10.5. The van der Waals surface area contributed by atoms with Crippen LogP contribution in [0, 0.1) is 0 Å². The molecule has 6 nitrogen and oxygen atoms in total. The lowest BCUT2D eigenvalue weighted by molar-refractivity contribution is -0.158. The quantitative estimate of drug-likeness (QED) is 0.178. The Bertz CT molecular complexity index is 1520. The van der Waals surface area contributed by atoms with E-state index in [2.05, 4.69) is 24.3 Å². The average Bonchev–Trinajstić information content (AvgIpc) is 3.25. The minimum absolute atomic E-state index is 0.246. The second-order valence-corrected chi connectivity index (χ2v) is 12.6. The van der Waals surface area contributed by atoms with Crippen molar-refractivity contribution in [3.63, 3.8) is 0 Å². The van der Waals surface area contributed by atoms with E-state index in [-0.39, 0.29) is 13.2 Å². The fourth-order valence-corrected chi connectivity index (χ4v) is 5.78. The van der Waals surface area contributed by atoms with Crippen LogP contribution < -0.4 is 9.47 Å². The predicted octanol–water partition coefficient (Wildman–Crippen LogP) is 7.49. The maximum atomic E-state index is 12.7. The molecule has 0 radical (unpaired) electrons. The van der Waals surface area contributed by atoms with E-state index >= 15 is 0 Å². The topological polar surface area (TPSA) is 71.1 Å². The van der Waals surface area contributed by atoms with Crippen LogP contribution in [0.5, 0.6) is 11.5 Å². The summed E-state index contributed by atoms with van der Waals surface area (Å²) in [6.07, 6.45) is 0. The zero-order valence-corrected chi connectivity index (χ0v) is 25.6. The normalized spacial score (nSPS) is 13.4. The van der Waals surface area contributed by atoms with Crippen molar-refractivity contribution in [2.75, 3.05) is 13.2 Å². The minimum Gasteiger partial charge on any atom is -0.482 e. The van der Waals surface area contributed by atoms with E-state index in [4.69, 9.17) is 18.9 Å². The first-order chi connectivity index (χ1) is 20.4. The van der Waals surface area contributed by atoms with Gasteiger partial charge in [0.05, 0.1) is 5.41 Å². The molecule has 0 atom stereocenters. The van der Waals surface area contributed by atoms with Crippen LogP contribution in [0.4, 0.5) is 0 Å². The summed E-state index contributed by atoms with van der Waals surface area (Å²) in [5.41, 5.74) is 3.78. The lowest BCUT2D eigenvalue weighted by Crippen LogP contribution is -2.32. The van der Waals surface area contributed by atoms with E-state index in [0.29, 0.717) is 11.5 Å². The molecule has 0 aromatic heterocycles. The van der Waals surface area contributed by atoms with Crippen molar-refractivity contribution < 1.29 is 28.5 Å². The van der Waals surface area contributed by atoms with Gasteiger partial charge in [-0.25, -0.2) is 9.59 Å². The van der Waals surface area contributed by atoms with E-state index in [9.17, 15) is 9.59 Å². The van der Waals surface area contributed by atoms with Gasteiger partial charge in [0.1, 0.15) is 22.7 Å². The van der Waals surface area contributed by atoms with Gasteiger partial charge < -0.3 is 18.9 Å². The van der Waals surface area contributed by atoms with E-state index in [1.165, 1.54) is 0 Å². The number of benzene rings is 4. The molecular weight excluding hydrogens is 540 g/mol. The Kier molecular flexibility index (Phi) is 8.06. The molecule has 0 N–H and O–H groups in total. The van der Waals surface area contributed by atoms with Crippen LogP contribution in [0.15, 0.2) is 97.1 Å². The molecule has 0 heterocycles. The van der Waals surface area contributed by atoms with Gasteiger partial charge >= 0.3 is 11.9 Å². The summed E-state index contributed by atoms with van der Waals surface area (Å²) in [4.78, 5) is 25.4. The molecule has 43 heavy (non-hydrogen) atoms. The third kappa shape index (κ3) is 6.14. The highest BCUT2D eigenvalue weighted by Gasteiger charge is 2.49. The van der Waals surface area contributed by atoms with Crippen molar-refractivity contribution >= 4 is 11.9 Å². The number of hydrogen-bond donors (Lipinski definition) is 0. The Balaban J connectivity index is 1.69. The molecule has 0 fully saturated rings. The molecule has 0 unspecified atom stereocenters. The van der Waals surface area contributed by atoms with Crippen LogP contribution >= 0.6 is 0 Å². The first kappa shape index (κ1) is 29.9. The second-order valence-electron chi connectivity index (χ2n) is 12.6. The molecule has 0 saturated carbocycles. The average molecular weight is 579 g/mol. The number of esters is 2. The number of hydrogen-bond acceptors (Lipinski definition) is 6. The zero-order chi connectivity index (χ0) is 30.8. The van der Waals surface area contributed by atoms with Gasteiger partial charge in [-0.1, -0.05) is 84.9 Å². The van der Waals surface area contributed by atoms with Gasteiger partial charge in [-0.15, -0.1) is 0 Å². The lowest BCUT2D eigenvalue weighted by Gasteiger charge is -2.36.